The highest BCUT2D eigenvalue weighted by Gasteiger charge is 2.09. The fraction of sp³-hybridized carbons (Fsp3) is 0.571. The first-order chi connectivity index (χ1) is 7.50. The third-order valence-corrected chi connectivity index (χ3v) is 3.03. The van der Waals surface area contributed by atoms with E-state index in [4.69, 9.17) is 0 Å². The number of aliphatic hydroxyl groups excluding tert-OH is 1. The molecule has 1 nitrogen and oxygen atoms in total. The molecule has 0 bridgehead atoms. The van der Waals surface area contributed by atoms with Gasteiger partial charge in [0.15, 0.2) is 0 Å². The lowest BCUT2D eigenvalue weighted by molar-refractivity contribution is 0.114. The van der Waals surface area contributed by atoms with Crippen LogP contribution in [0.2, 0.25) is 0 Å². The summed E-state index contributed by atoms with van der Waals surface area (Å²) in [6.07, 6.45) is 2.29. The predicted molar refractivity (Wildman–Crippen MR) is 64.9 cm³/mol. The molecule has 1 N–H and O–H groups in total. The van der Waals surface area contributed by atoms with Crippen molar-refractivity contribution in [3.63, 3.8) is 0 Å². The van der Waals surface area contributed by atoms with Gasteiger partial charge in [0.2, 0.25) is 0 Å². The molecule has 0 aliphatic heterocycles. The number of halogens is 1. The Morgan fingerprint density at radius 2 is 2.00 bits per heavy atom. The largest absolute Gasteiger partial charge is 0.393 e. The van der Waals surface area contributed by atoms with E-state index in [1.807, 2.05) is 26.8 Å². The third kappa shape index (κ3) is 3.93. The van der Waals surface area contributed by atoms with Gasteiger partial charge in [-0.25, -0.2) is 4.39 Å². The van der Waals surface area contributed by atoms with Gasteiger partial charge in [0.05, 0.1) is 6.10 Å². The van der Waals surface area contributed by atoms with Crippen LogP contribution < -0.4 is 0 Å². The Morgan fingerprint density at radius 1 is 1.31 bits per heavy atom. The Morgan fingerprint density at radius 3 is 2.62 bits per heavy atom. The zero-order chi connectivity index (χ0) is 12.1. The zero-order valence-corrected chi connectivity index (χ0v) is 10.3. The number of hydrogen-bond acceptors (Lipinski definition) is 1. The first-order valence-corrected chi connectivity index (χ1v) is 5.94. The first kappa shape index (κ1) is 13.2. The maximum atomic E-state index is 13.0. The summed E-state index contributed by atoms with van der Waals surface area (Å²) in [4.78, 5) is 0. The lowest BCUT2D eigenvalue weighted by Crippen LogP contribution is -2.14. The van der Waals surface area contributed by atoms with E-state index in [1.54, 1.807) is 6.07 Å². The lowest BCUT2D eigenvalue weighted by Gasteiger charge is -2.14. The van der Waals surface area contributed by atoms with Gasteiger partial charge in [0.25, 0.3) is 0 Å². The number of rotatable bonds is 5. The molecule has 16 heavy (non-hydrogen) atoms. The van der Waals surface area contributed by atoms with Gasteiger partial charge in [-0.05, 0) is 55.4 Å². The Bertz CT molecular complexity index is 334. The van der Waals surface area contributed by atoms with Crippen LogP contribution in [0.3, 0.4) is 0 Å². The number of benzene rings is 1. The highest BCUT2D eigenvalue weighted by molar-refractivity contribution is 5.26. The predicted octanol–water partition coefficient (Wildman–Crippen LogP) is 3.47. The Hall–Kier alpha value is -0.890. The van der Waals surface area contributed by atoms with Gasteiger partial charge < -0.3 is 5.11 Å². The smallest absolute Gasteiger partial charge is 0.123 e. The molecule has 0 amide bonds. The van der Waals surface area contributed by atoms with Crippen LogP contribution in [-0.2, 0) is 6.42 Å². The molecule has 0 aliphatic rings. The average Bonchev–Trinajstić information content (AvgIpc) is 2.22. The summed E-state index contributed by atoms with van der Waals surface area (Å²) in [5, 5.41) is 9.65. The van der Waals surface area contributed by atoms with Crippen molar-refractivity contribution in [1.82, 2.24) is 0 Å². The second-order valence-electron chi connectivity index (χ2n) is 4.77. The molecule has 1 aromatic rings. The van der Waals surface area contributed by atoms with Crippen LogP contribution in [0.25, 0.3) is 0 Å². The fourth-order valence-corrected chi connectivity index (χ4v) is 1.74. The molecule has 0 spiro atoms. The average molecular weight is 224 g/mol. The Kier molecular flexibility index (Phi) is 4.94. The Balaban J connectivity index is 2.45. The fourth-order valence-electron chi connectivity index (χ4n) is 1.74. The number of hydrogen-bond donors (Lipinski definition) is 1. The van der Waals surface area contributed by atoms with Crippen molar-refractivity contribution in [3.8, 4) is 0 Å². The van der Waals surface area contributed by atoms with Gasteiger partial charge >= 0.3 is 0 Å². The van der Waals surface area contributed by atoms with E-state index in [2.05, 4.69) is 0 Å². The van der Waals surface area contributed by atoms with Crippen molar-refractivity contribution >= 4 is 0 Å². The molecule has 0 fully saturated rings. The zero-order valence-electron chi connectivity index (χ0n) is 10.3. The van der Waals surface area contributed by atoms with Gasteiger partial charge in [-0.15, -0.1) is 0 Å². The van der Waals surface area contributed by atoms with Crippen LogP contribution in [-0.4, -0.2) is 11.2 Å². The number of aliphatic hydroxyl groups is 1. The molecule has 90 valence electrons. The summed E-state index contributed by atoms with van der Waals surface area (Å²) in [5.74, 6) is 0.124. The molecule has 2 heteroatoms. The molecule has 0 saturated heterocycles. The second-order valence-corrected chi connectivity index (χ2v) is 4.77. The van der Waals surface area contributed by atoms with Crippen LogP contribution in [0.4, 0.5) is 4.39 Å². The highest BCUT2D eigenvalue weighted by Crippen LogP contribution is 2.15. The molecule has 0 saturated carbocycles. The molecule has 1 unspecified atom stereocenters. The summed E-state index contributed by atoms with van der Waals surface area (Å²) in [6, 6.07) is 4.89. The highest BCUT2D eigenvalue weighted by atomic mass is 19.1. The van der Waals surface area contributed by atoms with E-state index in [-0.39, 0.29) is 11.9 Å². The van der Waals surface area contributed by atoms with Gasteiger partial charge in [0, 0.05) is 0 Å². The van der Waals surface area contributed by atoms with Crippen molar-refractivity contribution in [2.45, 2.75) is 46.1 Å². The van der Waals surface area contributed by atoms with Crippen LogP contribution in [0, 0.1) is 18.7 Å². The van der Waals surface area contributed by atoms with Crippen molar-refractivity contribution in [2.24, 2.45) is 5.92 Å². The van der Waals surface area contributed by atoms with E-state index in [0.717, 1.165) is 30.4 Å². The second kappa shape index (κ2) is 6.00. The molecule has 1 rings (SSSR count). The van der Waals surface area contributed by atoms with Crippen molar-refractivity contribution in [1.29, 1.82) is 0 Å². The van der Waals surface area contributed by atoms with Crippen molar-refractivity contribution < 1.29 is 9.50 Å². The SMILES string of the molecule is Cc1ccc(F)cc1CCCC(O)C(C)C. The molecule has 1 atom stereocenters. The minimum absolute atomic E-state index is 0.176. The lowest BCUT2D eigenvalue weighted by atomic mass is 9.97. The minimum atomic E-state index is -0.242. The molecule has 1 aromatic carbocycles. The topological polar surface area (TPSA) is 20.2 Å². The third-order valence-electron chi connectivity index (χ3n) is 3.03. The summed E-state index contributed by atoms with van der Waals surface area (Å²) in [7, 11) is 0. The summed E-state index contributed by atoms with van der Waals surface area (Å²) in [5.41, 5.74) is 2.18. The van der Waals surface area contributed by atoms with Crippen LogP contribution in [0.1, 0.15) is 37.8 Å². The van der Waals surface area contributed by atoms with Crippen molar-refractivity contribution in [2.75, 3.05) is 0 Å². The van der Waals surface area contributed by atoms with Gasteiger partial charge in [-0.2, -0.15) is 0 Å². The molecule has 0 heterocycles. The summed E-state index contributed by atoms with van der Waals surface area (Å²) >= 11 is 0. The number of aryl methyl sites for hydroxylation is 2. The van der Waals surface area contributed by atoms with E-state index in [9.17, 15) is 9.50 Å². The monoisotopic (exact) mass is 224 g/mol. The molecule has 0 aromatic heterocycles. The minimum Gasteiger partial charge on any atom is -0.393 e. The molecule has 0 radical (unpaired) electrons. The normalized spacial score (nSPS) is 13.1. The standard InChI is InChI=1S/C14H21FO/c1-10(2)14(16)6-4-5-12-9-13(15)8-7-11(12)3/h7-10,14,16H,4-6H2,1-3H3. The van der Waals surface area contributed by atoms with E-state index >= 15 is 0 Å². The van der Waals surface area contributed by atoms with Crippen LogP contribution >= 0.6 is 0 Å². The first-order valence-electron chi connectivity index (χ1n) is 5.94. The quantitative estimate of drug-likeness (QED) is 0.812. The van der Waals surface area contributed by atoms with E-state index in [1.165, 1.54) is 6.07 Å². The maximum absolute atomic E-state index is 13.0. The van der Waals surface area contributed by atoms with Gasteiger partial charge in [-0.1, -0.05) is 19.9 Å². The maximum Gasteiger partial charge on any atom is 0.123 e. The molecular weight excluding hydrogens is 203 g/mol. The molecule has 0 aliphatic carbocycles. The van der Waals surface area contributed by atoms with Crippen LogP contribution in [0.15, 0.2) is 18.2 Å². The van der Waals surface area contributed by atoms with E-state index < -0.39 is 0 Å². The summed E-state index contributed by atoms with van der Waals surface area (Å²) in [6.45, 7) is 6.02. The van der Waals surface area contributed by atoms with Crippen LogP contribution in [0.5, 0.6) is 0 Å². The molecular formula is C14H21FO. The van der Waals surface area contributed by atoms with Gasteiger partial charge in [-0.3, -0.25) is 0 Å². The Labute approximate surface area is 97.3 Å². The van der Waals surface area contributed by atoms with Gasteiger partial charge in [0.1, 0.15) is 5.82 Å². The summed E-state index contributed by atoms with van der Waals surface area (Å²) < 4.78 is 13.0. The van der Waals surface area contributed by atoms with E-state index in [0.29, 0.717) is 5.92 Å². The van der Waals surface area contributed by atoms with Crippen molar-refractivity contribution in [3.05, 3.63) is 35.1 Å².